The second kappa shape index (κ2) is 5.92. The van der Waals surface area contributed by atoms with Gasteiger partial charge in [-0.15, -0.1) is 0 Å². The molecule has 0 heterocycles. The molecule has 0 aliphatic heterocycles. The summed E-state index contributed by atoms with van der Waals surface area (Å²) in [7, 11) is 0. The number of amides is 1. The van der Waals surface area contributed by atoms with E-state index < -0.39 is 5.41 Å². The summed E-state index contributed by atoms with van der Waals surface area (Å²) in [5.74, 6) is 0.496. The van der Waals surface area contributed by atoms with Crippen molar-refractivity contribution in [1.29, 1.82) is 0 Å². The molecule has 108 valence electrons. The van der Waals surface area contributed by atoms with Crippen LogP contribution in [0.1, 0.15) is 50.2 Å². The molecule has 4 heteroatoms. The minimum Gasteiger partial charge on any atom is -0.392 e. The van der Waals surface area contributed by atoms with E-state index in [1.165, 1.54) is 5.56 Å². The molecule has 0 bridgehead atoms. The number of carbonyl (C=O) groups excluding carboxylic acids is 1. The van der Waals surface area contributed by atoms with E-state index in [1.807, 2.05) is 0 Å². The molecule has 1 aliphatic rings. The molecule has 0 atom stereocenters. The Labute approximate surface area is 125 Å². The van der Waals surface area contributed by atoms with E-state index >= 15 is 0 Å². The van der Waals surface area contributed by atoms with Gasteiger partial charge in [0.25, 0.3) is 0 Å². The van der Waals surface area contributed by atoms with Gasteiger partial charge < -0.3 is 11.1 Å². The average molecular weight is 290 g/mol. The van der Waals surface area contributed by atoms with Crippen LogP contribution in [0.2, 0.25) is 0 Å². The molecule has 0 aromatic heterocycles. The Balaban J connectivity index is 1.95. The SMILES string of the molecule is CC(C)c1ccc(CNC(=O)C2(C(N)=S)CCC2)cc1. The highest BCUT2D eigenvalue weighted by atomic mass is 32.1. The van der Waals surface area contributed by atoms with Gasteiger partial charge in [-0.2, -0.15) is 0 Å². The summed E-state index contributed by atoms with van der Waals surface area (Å²) in [6, 6.07) is 8.34. The summed E-state index contributed by atoms with van der Waals surface area (Å²) in [6.07, 6.45) is 2.58. The molecule has 0 unspecified atom stereocenters. The van der Waals surface area contributed by atoms with Crippen LogP contribution in [-0.4, -0.2) is 10.9 Å². The molecule has 3 nitrogen and oxygen atoms in total. The number of nitrogens with one attached hydrogen (secondary N) is 1. The number of nitrogens with two attached hydrogens (primary N) is 1. The van der Waals surface area contributed by atoms with Gasteiger partial charge >= 0.3 is 0 Å². The second-order valence-corrected chi connectivity index (χ2v) is 6.32. The summed E-state index contributed by atoms with van der Waals surface area (Å²) >= 11 is 5.05. The van der Waals surface area contributed by atoms with Crippen LogP contribution in [0.4, 0.5) is 0 Å². The van der Waals surface area contributed by atoms with E-state index in [4.69, 9.17) is 18.0 Å². The lowest BCUT2D eigenvalue weighted by Gasteiger charge is -2.39. The Kier molecular flexibility index (Phi) is 4.43. The second-order valence-electron chi connectivity index (χ2n) is 5.88. The molecule has 0 radical (unpaired) electrons. The van der Waals surface area contributed by atoms with Crippen molar-refractivity contribution in [1.82, 2.24) is 5.32 Å². The third-order valence-corrected chi connectivity index (χ3v) is 4.60. The molecular weight excluding hydrogens is 268 g/mol. The molecule has 1 saturated carbocycles. The van der Waals surface area contributed by atoms with Gasteiger partial charge in [-0.05, 0) is 29.9 Å². The van der Waals surface area contributed by atoms with E-state index in [0.29, 0.717) is 17.5 Å². The van der Waals surface area contributed by atoms with Gasteiger partial charge in [0.05, 0.1) is 10.4 Å². The monoisotopic (exact) mass is 290 g/mol. The van der Waals surface area contributed by atoms with Crippen LogP contribution in [0.25, 0.3) is 0 Å². The van der Waals surface area contributed by atoms with Crippen LogP contribution in [0.3, 0.4) is 0 Å². The molecule has 3 N–H and O–H groups in total. The molecular formula is C16H22N2OS. The van der Waals surface area contributed by atoms with E-state index in [0.717, 1.165) is 24.8 Å². The Morgan fingerprint density at radius 2 is 1.95 bits per heavy atom. The summed E-state index contributed by atoms with van der Waals surface area (Å²) in [5, 5.41) is 2.97. The zero-order valence-corrected chi connectivity index (χ0v) is 12.9. The van der Waals surface area contributed by atoms with Crippen molar-refractivity contribution in [2.75, 3.05) is 0 Å². The lowest BCUT2D eigenvalue weighted by Crippen LogP contribution is -2.52. The number of benzene rings is 1. The first-order chi connectivity index (χ1) is 9.45. The van der Waals surface area contributed by atoms with E-state index in [2.05, 4.69) is 43.4 Å². The summed E-state index contributed by atoms with van der Waals surface area (Å²) in [5.41, 5.74) is 7.54. The smallest absolute Gasteiger partial charge is 0.233 e. The zero-order valence-electron chi connectivity index (χ0n) is 12.1. The number of carbonyl (C=O) groups is 1. The average Bonchev–Trinajstić information content (AvgIpc) is 2.35. The standard InChI is InChI=1S/C16H22N2OS/c1-11(2)13-6-4-12(5-7-13)10-18-15(19)16(14(17)20)8-3-9-16/h4-7,11H,3,8-10H2,1-2H3,(H2,17,20)(H,18,19). The quantitative estimate of drug-likeness (QED) is 0.820. The topological polar surface area (TPSA) is 55.1 Å². The van der Waals surface area contributed by atoms with E-state index in [-0.39, 0.29) is 5.91 Å². The zero-order chi connectivity index (χ0) is 14.8. The maximum absolute atomic E-state index is 12.3. The predicted octanol–water partition coefficient (Wildman–Crippen LogP) is 2.88. The molecule has 0 saturated heterocycles. The van der Waals surface area contributed by atoms with Crippen molar-refractivity contribution in [3.63, 3.8) is 0 Å². The van der Waals surface area contributed by atoms with Crippen LogP contribution < -0.4 is 11.1 Å². The summed E-state index contributed by atoms with van der Waals surface area (Å²) < 4.78 is 0. The van der Waals surface area contributed by atoms with Crippen molar-refractivity contribution in [2.45, 2.75) is 45.6 Å². The van der Waals surface area contributed by atoms with Crippen LogP contribution in [0.5, 0.6) is 0 Å². The highest BCUT2D eigenvalue weighted by molar-refractivity contribution is 7.80. The first kappa shape index (κ1) is 15.0. The van der Waals surface area contributed by atoms with Crippen molar-refractivity contribution >= 4 is 23.1 Å². The Morgan fingerprint density at radius 3 is 2.35 bits per heavy atom. The fourth-order valence-corrected chi connectivity index (χ4v) is 2.78. The van der Waals surface area contributed by atoms with Gasteiger partial charge in [0.2, 0.25) is 5.91 Å². The Hall–Kier alpha value is -1.42. The lowest BCUT2D eigenvalue weighted by molar-refractivity contribution is -0.131. The van der Waals surface area contributed by atoms with E-state index in [1.54, 1.807) is 0 Å². The van der Waals surface area contributed by atoms with E-state index in [9.17, 15) is 4.79 Å². The predicted molar refractivity (Wildman–Crippen MR) is 85.4 cm³/mol. The first-order valence-corrected chi connectivity index (χ1v) is 7.53. The maximum Gasteiger partial charge on any atom is 0.233 e. The van der Waals surface area contributed by atoms with Crippen LogP contribution >= 0.6 is 12.2 Å². The summed E-state index contributed by atoms with van der Waals surface area (Å²) in [6.45, 7) is 4.86. The Morgan fingerprint density at radius 1 is 1.35 bits per heavy atom. The van der Waals surface area contributed by atoms with Crippen molar-refractivity contribution in [3.8, 4) is 0 Å². The normalized spacial score (nSPS) is 16.6. The van der Waals surface area contributed by atoms with Crippen LogP contribution in [0, 0.1) is 5.41 Å². The number of hydrogen-bond acceptors (Lipinski definition) is 2. The molecule has 1 aliphatic carbocycles. The molecule has 2 rings (SSSR count). The van der Waals surface area contributed by atoms with Gasteiger partial charge in [-0.1, -0.05) is 56.8 Å². The third-order valence-electron chi connectivity index (χ3n) is 4.21. The minimum absolute atomic E-state index is 0.0239. The van der Waals surface area contributed by atoms with Gasteiger partial charge in [0.15, 0.2) is 0 Å². The fourth-order valence-electron chi connectivity index (χ4n) is 2.49. The highest BCUT2D eigenvalue weighted by Crippen LogP contribution is 2.41. The Bertz CT molecular complexity index is 504. The van der Waals surface area contributed by atoms with Gasteiger partial charge in [0, 0.05) is 6.54 Å². The van der Waals surface area contributed by atoms with Gasteiger partial charge in [0.1, 0.15) is 0 Å². The molecule has 0 spiro atoms. The minimum atomic E-state index is -0.590. The van der Waals surface area contributed by atoms with Gasteiger partial charge in [-0.3, -0.25) is 4.79 Å². The van der Waals surface area contributed by atoms with Crippen molar-refractivity contribution in [3.05, 3.63) is 35.4 Å². The first-order valence-electron chi connectivity index (χ1n) is 7.13. The molecule has 20 heavy (non-hydrogen) atoms. The van der Waals surface area contributed by atoms with Crippen LogP contribution in [0.15, 0.2) is 24.3 Å². The number of thiocarbonyl (C=S) groups is 1. The molecule has 1 amide bonds. The summed E-state index contributed by atoms with van der Waals surface area (Å²) in [4.78, 5) is 12.6. The fraction of sp³-hybridized carbons (Fsp3) is 0.500. The maximum atomic E-state index is 12.3. The third kappa shape index (κ3) is 2.85. The number of rotatable bonds is 5. The highest BCUT2D eigenvalue weighted by Gasteiger charge is 2.46. The number of hydrogen-bond donors (Lipinski definition) is 2. The molecule has 1 fully saturated rings. The molecule has 1 aromatic rings. The molecule has 1 aromatic carbocycles. The van der Waals surface area contributed by atoms with Crippen molar-refractivity contribution < 1.29 is 4.79 Å². The largest absolute Gasteiger partial charge is 0.392 e. The van der Waals surface area contributed by atoms with Gasteiger partial charge in [-0.25, -0.2) is 0 Å². The van der Waals surface area contributed by atoms with Crippen LogP contribution in [-0.2, 0) is 11.3 Å². The lowest BCUT2D eigenvalue weighted by atomic mass is 9.68. The van der Waals surface area contributed by atoms with Crippen molar-refractivity contribution in [2.24, 2.45) is 11.1 Å².